The van der Waals surface area contributed by atoms with E-state index in [2.05, 4.69) is 5.32 Å². The van der Waals surface area contributed by atoms with Crippen molar-refractivity contribution in [1.29, 1.82) is 0 Å². The van der Waals surface area contributed by atoms with Crippen LogP contribution >= 0.6 is 23.2 Å². The zero-order valence-corrected chi connectivity index (χ0v) is 17.0. The van der Waals surface area contributed by atoms with E-state index in [-0.39, 0.29) is 30.3 Å². The number of hydrogen-bond donors (Lipinski definition) is 2. The molecule has 1 aliphatic heterocycles. The number of aliphatic hydroxyl groups excluding tert-OH is 1. The highest BCUT2D eigenvalue weighted by Gasteiger charge is 2.45. The van der Waals surface area contributed by atoms with Crippen LogP contribution in [0.3, 0.4) is 0 Å². The fraction of sp³-hybridized carbons (Fsp3) is 0.190. The van der Waals surface area contributed by atoms with Crippen molar-refractivity contribution in [2.75, 3.05) is 13.1 Å². The monoisotopic (exact) mass is 432 g/mol. The fourth-order valence-electron chi connectivity index (χ4n) is 3.22. The molecule has 1 saturated heterocycles. The summed E-state index contributed by atoms with van der Waals surface area (Å²) in [5.41, 5.74) is 0.961. The Balaban J connectivity index is 2.08. The van der Waals surface area contributed by atoms with Gasteiger partial charge in [-0.15, -0.1) is 0 Å². The molecule has 0 saturated carbocycles. The summed E-state index contributed by atoms with van der Waals surface area (Å²) in [6.07, 6.45) is 0. The van der Waals surface area contributed by atoms with Crippen LogP contribution in [0.25, 0.3) is 5.76 Å². The predicted molar refractivity (Wildman–Crippen MR) is 111 cm³/mol. The van der Waals surface area contributed by atoms with Gasteiger partial charge in [-0.25, -0.2) is 0 Å². The number of hydrogen-bond acceptors (Lipinski definition) is 4. The molecule has 1 aliphatic rings. The van der Waals surface area contributed by atoms with Gasteiger partial charge in [0.25, 0.3) is 11.7 Å². The number of rotatable bonds is 5. The first-order chi connectivity index (χ1) is 13.8. The second-order valence-electron chi connectivity index (χ2n) is 6.53. The Bertz CT molecular complexity index is 985. The van der Waals surface area contributed by atoms with Gasteiger partial charge < -0.3 is 15.3 Å². The highest BCUT2D eigenvalue weighted by Crippen LogP contribution is 2.39. The number of Topliss-reactive ketones (excluding diaryl/α,β-unsaturated/α-hetero) is 1. The lowest BCUT2D eigenvalue weighted by atomic mass is 9.95. The third-order valence-corrected chi connectivity index (χ3v) is 5.07. The van der Waals surface area contributed by atoms with E-state index in [4.69, 9.17) is 23.2 Å². The molecule has 1 unspecified atom stereocenters. The Morgan fingerprint density at radius 2 is 1.59 bits per heavy atom. The summed E-state index contributed by atoms with van der Waals surface area (Å²) in [6.45, 7) is 1.65. The van der Waals surface area contributed by atoms with Crippen LogP contribution in [0.2, 0.25) is 10.0 Å². The van der Waals surface area contributed by atoms with Crippen molar-refractivity contribution >= 4 is 46.6 Å². The number of amides is 2. The van der Waals surface area contributed by atoms with Gasteiger partial charge in [0, 0.05) is 35.6 Å². The molecule has 0 radical (unpaired) electrons. The molecule has 0 aromatic heterocycles. The first-order valence-corrected chi connectivity index (χ1v) is 9.59. The van der Waals surface area contributed by atoms with E-state index in [9.17, 15) is 19.5 Å². The minimum absolute atomic E-state index is 0.0255. The van der Waals surface area contributed by atoms with Gasteiger partial charge in [0.1, 0.15) is 5.76 Å². The number of ketones is 1. The van der Waals surface area contributed by atoms with Crippen molar-refractivity contribution in [3.63, 3.8) is 0 Å². The number of halogens is 2. The summed E-state index contributed by atoms with van der Waals surface area (Å²) >= 11 is 11.9. The number of aliphatic hydroxyl groups is 1. The second-order valence-corrected chi connectivity index (χ2v) is 7.41. The summed E-state index contributed by atoms with van der Waals surface area (Å²) in [7, 11) is 0. The van der Waals surface area contributed by atoms with Gasteiger partial charge in [0.2, 0.25) is 5.91 Å². The molecule has 1 fully saturated rings. The smallest absolute Gasteiger partial charge is 0.295 e. The molecule has 0 spiro atoms. The quantitative estimate of drug-likeness (QED) is 0.429. The van der Waals surface area contributed by atoms with Crippen LogP contribution in [-0.4, -0.2) is 40.7 Å². The Labute approximate surface area is 177 Å². The van der Waals surface area contributed by atoms with Crippen LogP contribution < -0.4 is 5.32 Å². The van der Waals surface area contributed by atoms with E-state index in [1.165, 1.54) is 11.8 Å². The van der Waals surface area contributed by atoms with E-state index in [0.717, 1.165) is 0 Å². The molecule has 1 atom stereocenters. The highest BCUT2D eigenvalue weighted by molar-refractivity contribution is 6.46. The molecule has 29 heavy (non-hydrogen) atoms. The Kier molecular flexibility index (Phi) is 6.25. The summed E-state index contributed by atoms with van der Waals surface area (Å²) in [4.78, 5) is 38.0. The molecule has 2 N–H and O–H groups in total. The molecule has 0 aliphatic carbocycles. The minimum Gasteiger partial charge on any atom is -0.507 e. The first-order valence-electron chi connectivity index (χ1n) is 8.84. The molecular formula is C21H18Cl2N2O4. The van der Waals surface area contributed by atoms with Crippen molar-refractivity contribution in [2.24, 2.45) is 0 Å². The molecule has 2 aromatic carbocycles. The fourth-order valence-corrected chi connectivity index (χ4v) is 3.47. The van der Waals surface area contributed by atoms with Crippen LogP contribution in [-0.2, 0) is 14.4 Å². The summed E-state index contributed by atoms with van der Waals surface area (Å²) in [5, 5.41) is 14.5. The van der Waals surface area contributed by atoms with Crippen molar-refractivity contribution in [3.8, 4) is 0 Å². The number of benzene rings is 2. The minimum atomic E-state index is -0.809. The van der Waals surface area contributed by atoms with E-state index < -0.39 is 17.7 Å². The molecule has 2 amide bonds. The molecule has 8 heteroatoms. The van der Waals surface area contributed by atoms with Gasteiger partial charge in [0.15, 0.2) is 0 Å². The van der Waals surface area contributed by atoms with Gasteiger partial charge in [-0.1, -0.05) is 35.3 Å². The van der Waals surface area contributed by atoms with Crippen molar-refractivity contribution in [2.45, 2.75) is 13.0 Å². The molecule has 3 rings (SSSR count). The van der Waals surface area contributed by atoms with E-state index in [1.54, 1.807) is 48.5 Å². The van der Waals surface area contributed by atoms with E-state index in [0.29, 0.717) is 21.2 Å². The zero-order valence-electron chi connectivity index (χ0n) is 15.5. The molecular weight excluding hydrogens is 415 g/mol. The van der Waals surface area contributed by atoms with Crippen LogP contribution in [0.4, 0.5) is 0 Å². The second kappa shape index (κ2) is 8.68. The molecule has 2 aromatic rings. The topological polar surface area (TPSA) is 86.7 Å². The van der Waals surface area contributed by atoms with Crippen molar-refractivity contribution in [1.82, 2.24) is 10.2 Å². The molecule has 150 valence electrons. The largest absolute Gasteiger partial charge is 0.507 e. The molecule has 0 bridgehead atoms. The lowest BCUT2D eigenvalue weighted by molar-refractivity contribution is -0.139. The summed E-state index contributed by atoms with van der Waals surface area (Å²) < 4.78 is 0. The van der Waals surface area contributed by atoms with Crippen molar-refractivity contribution < 1.29 is 19.5 Å². The van der Waals surface area contributed by atoms with Gasteiger partial charge >= 0.3 is 0 Å². The average Bonchev–Trinajstić information content (AvgIpc) is 2.93. The highest BCUT2D eigenvalue weighted by atomic mass is 35.5. The number of nitrogens with zero attached hydrogens (tertiary/aromatic N) is 1. The number of carbonyl (C=O) groups excluding carboxylic acids is 3. The lowest BCUT2D eigenvalue weighted by Crippen LogP contribution is -2.37. The zero-order chi connectivity index (χ0) is 21.1. The summed E-state index contributed by atoms with van der Waals surface area (Å²) in [6, 6.07) is 12.2. The van der Waals surface area contributed by atoms with Gasteiger partial charge in [-0.2, -0.15) is 0 Å². The first kappa shape index (κ1) is 20.9. The Morgan fingerprint density at radius 1 is 1.03 bits per heavy atom. The number of nitrogens with one attached hydrogen (secondary N) is 1. The van der Waals surface area contributed by atoms with Crippen LogP contribution in [0, 0.1) is 0 Å². The normalized spacial score (nSPS) is 18.2. The van der Waals surface area contributed by atoms with Crippen LogP contribution in [0.1, 0.15) is 24.1 Å². The maximum atomic E-state index is 12.8. The van der Waals surface area contributed by atoms with E-state index in [1.807, 2.05) is 0 Å². The number of likely N-dealkylation sites (tertiary alicyclic amines) is 1. The Morgan fingerprint density at radius 3 is 2.14 bits per heavy atom. The summed E-state index contributed by atoms with van der Waals surface area (Å²) in [5.74, 6) is -2.07. The molecule has 1 heterocycles. The standard InChI is InChI=1S/C21H18Cl2N2O4/c1-12(26)24-10-11-25-18(13-2-6-15(22)7-3-13)17(20(28)21(25)29)19(27)14-4-8-16(23)9-5-14/h2-9,18,27H,10-11H2,1H3,(H,24,26)/b19-17-. The Hall–Kier alpha value is -2.83. The third-order valence-electron chi connectivity index (χ3n) is 4.57. The average molecular weight is 433 g/mol. The van der Waals surface area contributed by atoms with Crippen LogP contribution in [0.5, 0.6) is 0 Å². The van der Waals surface area contributed by atoms with E-state index >= 15 is 0 Å². The van der Waals surface area contributed by atoms with Gasteiger partial charge in [-0.05, 0) is 42.0 Å². The van der Waals surface area contributed by atoms with Gasteiger partial charge in [-0.3, -0.25) is 14.4 Å². The third kappa shape index (κ3) is 4.44. The van der Waals surface area contributed by atoms with Crippen LogP contribution in [0.15, 0.2) is 54.1 Å². The number of carbonyl (C=O) groups is 3. The predicted octanol–water partition coefficient (Wildman–Crippen LogP) is 3.55. The SMILES string of the molecule is CC(=O)NCCN1C(=O)C(=O)/C(=C(\O)c2ccc(Cl)cc2)C1c1ccc(Cl)cc1. The maximum Gasteiger partial charge on any atom is 0.295 e. The van der Waals surface area contributed by atoms with Gasteiger partial charge in [0.05, 0.1) is 11.6 Å². The maximum absolute atomic E-state index is 12.8. The lowest BCUT2D eigenvalue weighted by Gasteiger charge is -2.25. The molecule has 6 nitrogen and oxygen atoms in total. The van der Waals surface area contributed by atoms with Crippen molar-refractivity contribution in [3.05, 3.63) is 75.3 Å².